The van der Waals surface area contributed by atoms with Crippen LogP contribution >= 0.6 is 0 Å². The van der Waals surface area contributed by atoms with E-state index in [4.69, 9.17) is 4.74 Å². The highest BCUT2D eigenvalue weighted by molar-refractivity contribution is 6.04. The second-order valence-electron chi connectivity index (χ2n) is 7.77. The summed E-state index contributed by atoms with van der Waals surface area (Å²) >= 11 is 0. The van der Waals surface area contributed by atoms with Gasteiger partial charge in [0.1, 0.15) is 5.41 Å². The SMILES string of the molecule is CCOC(=O)N1CCC(NC(=O)C(C)(C)C(=O)N2CCCCCC2)CC1. The summed E-state index contributed by atoms with van der Waals surface area (Å²) in [6.07, 6.45) is 5.38. The summed E-state index contributed by atoms with van der Waals surface area (Å²) in [5.74, 6) is -0.304. The molecule has 2 aliphatic rings. The van der Waals surface area contributed by atoms with E-state index in [0.29, 0.717) is 32.5 Å². The van der Waals surface area contributed by atoms with Gasteiger partial charge < -0.3 is 19.9 Å². The molecule has 0 aliphatic carbocycles. The predicted octanol–water partition coefficient (Wildman–Crippen LogP) is 2.15. The van der Waals surface area contributed by atoms with Crippen LogP contribution in [0.3, 0.4) is 0 Å². The molecule has 0 saturated carbocycles. The summed E-state index contributed by atoms with van der Waals surface area (Å²) in [6.45, 7) is 8.18. The fraction of sp³-hybridized carbons (Fsp3) is 0.842. The Kier molecular flexibility index (Phi) is 7.29. The van der Waals surface area contributed by atoms with Gasteiger partial charge in [-0.15, -0.1) is 0 Å². The zero-order chi connectivity index (χ0) is 19.2. The fourth-order valence-electron chi connectivity index (χ4n) is 3.55. The maximum Gasteiger partial charge on any atom is 0.409 e. The van der Waals surface area contributed by atoms with Crippen molar-refractivity contribution in [3.8, 4) is 0 Å². The lowest BCUT2D eigenvalue weighted by atomic mass is 9.89. The molecule has 0 unspecified atom stereocenters. The Bertz CT molecular complexity index is 505. The fourth-order valence-corrected chi connectivity index (χ4v) is 3.55. The maximum atomic E-state index is 12.9. The maximum absolute atomic E-state index is 12.9. The van der Waals surface area contributed by atoms with Gasteiger partial charge in [-0.05, 0) is 46.5 Å². The molecule has 0 radical (unpaired) electrons. The Labute approximate surface area is 156 Å². The summed E-state index contributed by atoms with van der Waals surface area (Å²) in [6, 6.07) is -0.00983. The molecule has 0 bridgehead atoms. The van der Waals surface area contributed by atoms with E-state index in [9.17, 15) is 14.4 Å². The number of likely N-dealkylation sites (tertiary alicyclic amines) is 2. The number of ether oxygens (including phenoxy) is 1. The van der Waals surface area contributed by atoms with Crippen LogP contribution in [0.15, 0.2) is 0 Å². The molecular weight excluding hydrogens is 334 g/mol. The number of hydrogen-bond donors (Lipinski definition) is 1. The van der Waals surface area contributed by atoms with Gasteiger partial charge in [0.15, 0.2) is 0 Å². The number of hydrogen-bond acceptors (Lipinski definition) is 4. The number of nitrogens with zero attached hydrogens (tertiary/aromatic N) is 2. The van der Waals surface area contributed by atoms with Crippen LogP contribution in [0.5, 0.6) is 0 Å². The molecular formula is C19H33N3O4. The van der Waals surface area contributed by atoms with E-state index in [0.717, 1.165) is 38.8 Å². The second kappa shape index (κ2) is 9.24. The number of piperidine rings is 1. The molecule has 0 atom stereocenters. The zero-order valence-corrected chi connectivity index (χ0v) is 16.4. The van der Waals surface area contributed by atoms with Crippen molar-refractivity contribution in [1.82, 2.24) is 15.1 Å². The number of carbonyl (C=O) groups excluding carboxylic acids is 3. The molecule has 7 nitrogen and oxygen atoms in total. The van der Waals surface area contributed by atoms with Crippen LogP contribution in [-0.2, 0) is 14.3 Å². The topological polar surface area (TPSA) is 79.0 Å². The third-order valence-electron chi connectivity index (χ3n) is 5.35. The van der Waals surface area contributed by atoms with E-state index in [1.165, 1.54) is 0 Å². The molecule has 0 aromatic rings. The number of carbonyl (C=O) groups is 3. The predicted molar refractivity (Wildman–Crippen MR) is 98.6 cm³/mol. The van der Waals surface area contributed by atoms with Crippen LogP contribution < -0.4 is 5.32 Å². The van der Waals surface area contributed by atoms with Crippen molar-refractivity contribution in [2.45, 2.75) is 65.3 Å². The highest BCUT2D eigenvalue weighted by Crippen LogP contribution is 2.23. The Morgan fingerprint density at radius 3 is 2.08 bits per heavy atom. The molecule has 26 heavy (non-hydrogen) atoms. The monoisotopic (exact) mass is 367 g/mol. The van der Waals surface area contributed by atoms with E-state index in [-0.39, 0.29) is 23.9 Å². The van der Waals surface area contributed by atoms with E-state index < -0.39 is 5.41 Å². The van der Waals surface area contributed by atoms with Crippen molar-refractivity contribution in [2.75, 3.05) is 32.8 Å². The van der Waals surface area contributed by atoms with E-state index in [2.05, 4.69) is 5.32 Å². The molecule has 1 N–H and O–H groups in total. The minimum atomic E-state index is -1.07. The Hall–Kier alpha value is -1.79. The van der Waals surface area contributed by atoms with Gasteiger partial charge in [-0.2, -0.15) is 0 Å². The van der Waals surface area contributed by atoms with E-state index in [1.807, 2.05) is 4.90 Å². The van der Waals surface area contributed by atoms with Crippen LogP contribution in [0.1, 0.15) is 59.3 Å². The molecule has 2 saturated heterocycles. The lowest BCUT2D eigenvalue weighted by Gasteiger charge is -2.35. The molecule has 2 rings (SSSR count). The van der Waals surface area contributed by atoms with Gasteiger partial charge in [-0.25, -0.2) is 4.79 Å². The first-order valence-corrected chi connectivity index (χ1v) is 9.88. The van der Waals surface area contributed by atoms with Gasteiger partial charge in [0.2, 0.25) is 11.8 Å². The molecule has 2 heterocycles. The van der Waals surface area contributed by atoms with Gasteiger partial charge in [-0.1, -0.05) is 12.8 Å². The highest BCUT2D eigenvalue weighted by atomic mass is 16.6. The van der Waals surface area contributed by atoms with Crippen LogP contribution in [0.4, 0.5) is 4.79 Å². The number of nitrogens with one attached hydrogen (secondary N) is 1. The highest BCUT2D eigenvalue weighted by Gasteiger charge is 2.40. The smallest absolute Gasteiger partial charge is 0.409 e. The lowest BCUT2D eigenvalue weighted by molar-refractivity contribution is -0.149. The average molecular weight is 367 g/mol. The second-order valence-corrected chi connectivity index (χ2v) is 7.77. The summed E-state index contributed by atoms with van der Waals surface area (Å²) in [7, 11) is 0. The minimum Gasteiger partial charge on any atom is -0.450 e. The van der Waals surface area contributed by atoms with Crippen LogP contribution in [0.2, 0.25) is 0 Å². The van der Waals surface area contributed by atoms with Crippen LogP contribution in [0.25, 0.3) is 0 Å². The van der Waals surface area contributed by atoms with Crippen molar-refractivity contribution in [1.29, 1.82) is 0 Å². The Morgan fingerprint density at radius 2 is 1.54 bits per heavy atom. The summed E-state index contributed by atoms with van der Waals surface area (Å²) in [4.78, 5) is 40.9. The number of amides is 3. The Morgan fingerprint density at radius 1 is 0.962 bits per heavy atom. The number of rotatable bonds is 4. The summed E-state index contributed by atoms with van der Waals surface area (Å²) in [5, 5.41) is 3.02. The van der Waals surface area contributed by atoms with Crippen LogP contribution in [0, 0.1) is 5.41 Å². The Balaban J connectivity index is 1.86. The standard InChI is InChI=1S/C19H33N3O4/c1-4-26-18(25)22-13-9-15(10-14-22)20-16(23)19(2,3)17(24)21-11-7-5-6-8-12-21/h15H,4-14H2,1-3H3,(H,20,23). The van der Waals surface area contributed by atoms with Crippen molar-refractivity contribution in [3.63, 3.8) is 0 Å². The van der Waals surface area contributed by atoms with E-state index >= 15 is 0 Å². The van der Waals surface area contributed by atoms with Gasteiger partial charge in [0.05, 0.1) is 6.61 Å². The average Bonchev–Trinajstić information content (AvgIpc) is 2.91. The van der Waals surface area contributed by atoms with Gasteiger partial charge in [-0.3, -0.25) is 9.59 Å². The van der Waals surface area contributed by atoms with Crippen molar-refractivity contribution in [2.24, 2.45) is 5.41 Å². The third kappa shape index (κ3) is 5.11. The van der Waals surface area contributed by atoms with Gasteiger partial charge in [0.25, 0.3) is 0 Å². The van der Waals surface area contributed by atoms with Crippen molar-refractivity contribution in [3.05, 3.63) is 0 Å². The molecule has 7 heteroatoms. The summed E-state index contributed by atoms with van der Waals surface area (Å²) < 4.78 is 5.01. The molecule has 148 valence electrons. The van der Waals surface area contributed by atoms with Crippen LogP contribution in [-0.4, -0.2) is 66.5 Å². The first-order valence-electron chi connectivity index (χ1n) is 9.88. The van der Waals surface area contributed by atoms with Crippen molar-refractivity contribution >= 4 is 17.9 Å². The van der Waals surface area contributed by atoms with Gasteiger partial charge >= 0.3 is 6.09 Å². The first-order chi connectivity index (χ1) is 12.4. The van der Waals surface area contributed by atoms with E-state index in [1.54, 1.807) is 25.7 Å². The summed E-state index contributed by atoms with van der Waals surface area (Å²) in [5.41, 5.74) is -1.07. The molecule has 0 spiro atoms. The lowest BCUT2D eigenvalue weighted by Crippen LogP contribution is -2.54. The van der Waals surface area contributed by atoms with Gasteiger partial charge in [0, 0.05) is 32.2 Å². The first kappa shape index (κ1) is 20.5. The third-order valence-corrected chi connectivity index (χ3v) is 5.35. The molecule has 2 fully saturated rings. The molecule has 3 amide bonds. The minimum absolute atomic E-state index is 0.00983. The molecule has 2 aliphatic heterocycles. The normalized spacial score (nSPS) is 19.7. The molecule has 0 aromatic heterocycles. The quantitative estimate of drug-likeness (QED) is 0.772. The molecule has 0 aromatic carbocycles. The largest absolute Gasteiger partial charge is 0.450 e. The van der Waals surface area contributed by atoms with Crippen molar-refractivity contribution < 1.29 is 19.1 Å². The zero-order valence-electron chi connectivity index (χ0n) is 16.4.